The summed E-state index contributed by atoms with van der Waals surface area (Å²) in [4.78, 5) is 36.5. The molecule has 0 atom stereocenters. The minimum absolute atomic E-state index is 0.0956. The molecule has 7 rings (SSSR count). The molecule has 3 N–H and O–H groups in total. The van der Waals surface area contributed by atoms with Crippen molar-refractivity contribution < 1.29 is 24.1 Å². The zero-order valence-corrected chi connectivity index (χ0v) is 18.9. The van der Waals surface area contributed by atoms with Gasteiger partial charge in [0.1, 0.15) is 0 Å². The van der Waals surface area contributed by atoms with E-state index in [2.05, 4.69) is 16.0 Å². The molecule has 0 unspecified atom stereocenters. The van der Waals surface area contributed by atoms with E-state index in [0.29, 0.717) is 24.3 Å². The molecule has 2 spiro atoms. The summed E-state index contributed by atoms with van der Waals surface area (Å²) in [7, 11) is 0. The van der Waals surface area contributed by atoms with Gasteiger partial charge >= 0.3 is 11.8 Å². The van der Waals surface area contributed by atoms with Crippen LogP contribution in [0.25, 0.3) is 0 Å². The van der Waals surface area contributed by atoms with Gasteiger partial charge in [-0.25, -0.2) is 0 Å². The highest BCUT2D eigenvalue weighted by Crippen LogP contribution is 2.63. The van der Waals surface area contributed by atoms with Crippen LogP contribution < -0.4 is 16.0 Å². The van der Waals surface area contributed by atoms with Crippen molar-refractivity contribution >= 4 is 11.8 Å². The van der Waals surface area contributed by atoms with Gasteiger partial charge in [0, 0.05) is 37.3 Å². The summed E-state index contributed by atoms with van der Waals surface area (Å²) < 4.78 is 6.75. The number of ether oxygens (including phenoxy) is 1. The maximum atomic E-state index is 12.2. The van der Waals surface area contributed by atoms with Crippen molar-refractivity contribution in [1.29, 1.82) is 0 Å². The Balaban J connectivity index is 0.979. The Labute approximate surface area is 189 Å². The standard InChI is InChI=1S/C24H37N3O5/c28-21(22(29)27-20-3-7-25-8-4-20)26-14-15-1-5-23(6-2-15)30-24(32-31-23)18-10-16-9-17(12-18)13-19(24)11-16/h15-20,25H,1-14H2,(H,26,28)(H,27,29). The van der Waals surface area contributed by atoms with Gasteiger partial charge in [0.25, 0.3) is 0 Å². The monoisotopic (exact) mass is 447 g/mol. The molecule has 5 saturated carbocycles. The van der Waals surface area contributed by atoms with E-state index < -0.39 is 23.4 Å². The van der Waals surface area contributed by atoms with Crippen molar-refractivity contribution in [3.05, 3.63) is 0 Å². The fraction of sp³-hybridized carbons (Fsp3) is 0.917. The maximum absolute atomic E-state index is 12.2. The SMILES string of the molecule is O=C(NCC1CCC2(CC1)OOC1(O2)C2CC3CC(C2)CC1C3)C(=O)NC1CCNCC1. The third-order valence-corrected chi connectivity index (χ3v) is 9.24. The normalized spacial score (nSPS) is 45.4. The van der Waals surface area contributed by atoms with Crippen molar-refractivity contribution in [2.45, 2.75) is 88.2 Å². The first-order valence-corrected chi connectivity index (χ1v) is 12.9. The lowest BCUT2D eigenvalue weighted by Gasteiger charge is -2.57. The van der Waals surface area contributed by atoms with Crippen LogP contribution in [0.1, 0.15) is 70.6 Å². The number of carbonyl (C=O) groups is 2. The highest BCUT2D eigenvalue weighted by Gasteiger charge is 2.66. The smallest absolute Gasteiger partial charge is 0.309 e. The topological polar surface area (TPSA) is 97.9 Å². The molecule has 0 aromatic carbocycles. The Morgan fingerprint density at radius 2 is 1.50 bits per heavy atom. The van der Waals surface area contributed by atoms with Crippen LogP contribution in [-0.4, -0.2) is 49.1 Å². The predicted molar refractivity (Wildman–Crippen MR) is 115 cm³/mol. The number of hydrogen-bond acceptors (Lipinski definition) is 6. The Hall–Kier alpha value is -1.22. The van der Waals surface area contributed by atoms with Crippen LogP contribution >= 0.6 is 0 Å². The van der Waals surface area contributed by atoms with Crippen molar-refractivity contribution in [3.8, 4) is 0 Å². The summed E-state index contributed by atoms with van der Waals surface area (Å²) in [6, 6.07) is 0.0956. The van der Waals surface area contributed by atoms with Crippen molar-refractivity contribution in [2.75, 3.05) is 19.6 Å². The fourth-order valence-corrected chi connectivity index (χ4v) is 7.65. The third kappa shape index (κ3) is 3.77. The molecule has 0 aromatic rings. The van der Waals surface area contributed by atoms with Crippen LogP contribution in [0.15, 0.2) is 0 Å². The number of hydrogen-bond donors (Lipinski definition) is 3. The van der Waals surface area contributed by atoms with E-state index in [1.165, 1.54) is 32.1 Å². The molecule has 178 valence electrons. The molecule has 2 saturated heterocycles. The van der Waals surface area contributed by atoms with Crippen LogP contribution in [-0.2, 0) is 24.1 Å². The minimum atomic E-state index is -0.623. The van der Waals surface area contributed by atoms with Gasteiger partial charge in [-0.3, -0.25) is 9.59 Å². The first kappa shape index (κ1) is 21.3. The molecule has 0 radical (unpaired) electrons. The van der Waals surface area contributed by atoms with Gasteiger partial charge in [-0.2, -0.15) is 9.78 Å². The number of piperidine rings is 1. The number of amides is 2. The lowest BCUT2D eigenvalue weighted by Crippen LogP contribution is -2.59. The molecule has 4 bridgehead atoms. The molecule has 32 heavy (non-hydrogen) atoms. The van der Waals surface area contributed by atoms with E-state index in [1.807, 2.05) is 0 Å². The van der Waals surface area contributed by atoms with E-state index in [-0.39, 0.29) is 6.04 Å². The molecule has 2 heterocycles. The maximum Gasteiger partial charge on any atom is 0.309 e. The number of rotatable bonds is 3. The van der Waals surface area contributed by atoms with Crippen LogP contribution in [0.3, 0.4) is 0 Å². The highest BCUT2D eigenvalue weighted by molar-refractivity contribution is 6.35. The van der Waals surface area contributed by atoms with Gasteiger partial charge in [-0.05, 0) is 88.6 Å². The van der Waals surface area contributed by atoms with Crippen molar-refractivity contribution in [3.63, 3.8) is 0 Å². The molecule has 2 amide bonds. The Bertz CT molecular complexity index is 716. The van der Waals surface area contributed by atoms with Crippen LogP contribution in [0.4, 0.5) is 0 Å². The Morgan fingerprint density at radius 3 is 2.16 bits per heavy atom. The minimum Gasteiger partial charge on any atom is -0.348 e. The van der Waals surface area contributed by atoms with E-state index in [0.717, 1.165) is 63.5 Å². The first-order valence-electron chi connectivity index (χ1n) is 12.9. The average Bonchev–Trinajstić information content (AvgIpc) is 3.17. The Morgan fingerprint density at radius 1 is 0.844 bits per heavy atom. The van der Waals surface area contributed by atoms with Gasteiger partial charge in [0.05, 0.1) is 0 Å². The van der Waals surface area contributed by atoms with E-state index in [4.69, 9.17) is 14.5 Å². The predicted octanol–water partition coefficient (Wildman–Crippen LogP) is 1.99. The molecule has 7 fully saturated rings. The van der Waals surface area contributed by atoms with Crippen LogP contribution in [0.2, 0.25) is 0 Å². The van der Waals surface area contributed by atoms with Crippen molar-refractivity contribution in [2.24, 2.45) is 29.6 Å². The molecule has 8 heteroatoms. The van der Waals surface area contributed by atoms with E-state index in [9.17, 15) is 9.59 Å². The average molecular weight is 448 g/mol. The molecular formula is C24H37N3O5. The van der Waals surface area contributed by atoms with E-state index >= 15 is 0 Å². The number of nitrogens with one attached hydrogen (secondary N) is 3. The molecule has 2 aliphatic heterocycles. The van der Waals surface area contributed by atoms with Crippen LogP contribution in [0.5, 0.6) is 0 Å². The summed E-state index contributed by atoms with van der Waals surface area (Å²) in [5, 5.41) is 8.96. The van der Waals surface area contributed by atoms with Crippen molar-refractivity contribution in [1.82, 2.24) is 16.0 Å². The summed E-state index contributed by atoms with van der Waals surface area (Å²) >= 11 is 0. The Kier molecular flexibility index (Phi) is 5.48. The molecular weight excluding hydrogens is 410 g/mol. The second-order valence-corrected chi connectivity index (χ2v) is 11.4. The summed E-state index contributed by atoms with van der Waals surface area (Å²) in [6.07, 6.45) is 11.4. The summed E-state index contributed by atoms with van der Waals surface area (Å²) in [6.45, 7) is 2.29. The fourth-order valence-electron chi connectivity index (χ4n) is 7.65. The van der Waals surface area contributed by atoms with Gasteiger partial charge in [-0.1, -0.05) is 0 Å². The molecule has 7 aliphatic rings. The van der Waals surface area contributed by atoms with Gasteiger partial charge < -0.3 is 20.7 Å². The van der Waals surface area contributed by atoms with Crippen LogP contribution in [0, 0.1) is 29.6 Å². The third-order valence-electron chi connectivity index (χ3n) is 9.24. The van der Waals surface area contributed by atoms with E-state index in [1.54, 1.807) is 0 Å². The summed E-state index contributed by atoms with van der Waals surface area (Å²) in [5.41, 5.74) is 0. The quantitative estimate of drug-likeness (QED) is 0.452. The molecule has 5 aliphatic carbocycles. The second kappa shape index (κ2) is 8.22. The second-order valence-electron chi connectivity index (χ2n) is 11.4. The highest BCUT2D eigenvalue weighted by atomic mass is 17.3. The molecule has 8 nitrogen and oxygen atoms in total. The largest absolute Gasteiger partial charge is 0.348 e. The van der Waals surface area contributed by atoms with Gasteiger partial charge in [0.15, 0.2) is 0 Å². The van der Waals surface area contributed by atoms with Gasteiger partial charge in [-0.15, -0.1) is 0 Å². The zero-order chi connectivity index (χ0) is 21.8. The molecule has 0 aromatic heterocycles. The van der Waals surface area contributed by atoms with Gasteiger partial charge in [0.2, 0.25) is 11.6 Å². The lowest BCUT2D eigenvalue weighted by molar-refractivity contribution is -0.390. The zero-order valence-electron chi connectivity index (χ0n) is 18.9. The first-order chi connectivity index (χ1) is 15.5. The lowest BCUT2D eigenvalue weighted by atomic mass is 9.53. The summed E-state index contributed by atoms with van der Waals surface area (Å²) in [5.74, 6) is 0.845. The number of carbonyl (C=O) groups excluding carboxylic acids is 2.